The van der Waals surface area contributed by atoms with Crippen LogP contribution >= 0.6 is 0 Å². The third-order valence-electron chi connectivity index (χ3n) is 2.36. The summed E-state index contributed by atoms with van der Waals surface area (Å²) in [4.78, 5) is 22.3. The summed E-state index contributed by atoms with van der Waals surface area (Å²) in [7, 11) is 0. The molecule has 0 aromatic rings. The Labute approximate surface area is 103 Å². The molecule has 0 saturated carbocycles. The zero-order chi connectivity index (χ0) is 13.3. The molecule has 0 aliphatic heterocycles. The molecule has 0 saturated heterocycles. The standard InChI is InChI=1S/C12H24N2O3/c1-4-5-13-8-11(15)14-7-10(12(16)17)6-9(2)3/h9-10,13H,4-8H2,1-3H3,(H,14,15)(H,16,17). The molecular weight excluding hydrogens is 220 g/mol. The van der Waals surface area contributed by atoms with Gasteiger partial charge < -0.3 is 15.7 Å². The molecule has 0 rings (SSSR count). The molecule has 0 radical (unpaired) electrons. The number of nitrogens with one attached hydrogen (secondary N) is 2. The highest BCUT2D eigenvalue weighted by molar-refractivity contribution is 5.79. The van der Waals surface area contributed by atoms with Crippen molar-refractivity contribution < 1.29 is 14.7 Å². The van der Waals surface area contributed by atoms with Crippen molar-refractivity contribution >= 4 is 11.9 Å². The summed E-state index contributed by atoms with van der Waals surface area (Å²) in [5, 5.41) is 14.6. The summed E-state index contributed by atoms with van der Waals surface area (Å²) in [6.07, 6.45) is 1.55. The number of carboxylic acids is 1. The number of hydrogen-bond acceptors (Lipinski definition) is 3. The summed E-state index contributed by atoms with van der Waals surface area (Å²) in [5.41, 5.74) is 0. The maximum absolute atomic E-state index is 11.4. The van der Waals surface area contributed by atoms with Gasteiger partial charge in [-0.3, -0.25) is 9.59 Å². The van der Waals surface area contributed by atoms with Gasteiger partial charge in [-0.25, -0.2) is 0 Å². The Morgan fingerprint density at radius 3 is 2.41 bits per heavy atom. The smallest absolute Gasteiger partial charge is 0.308 e. The number of carbonyl (C=O) groups is 2. The van der Waals surface area contributed by atoms with Crippen LogP contribution in [0.25, 0.3) is 0 Å². The number of rotatable bonds is 9. The van der Waals surface area contributed by atoms with E-state index in [-0.39, 0.29) is 19.0 Å². The Balaban J connectivity index is 3.87. The Morgan fingerprint density at radius 1 is 1.29 bits per heavy atom. The molecule has 5 nitrogen and oxygen atoms in total. The van der Waals surface area contributed by atoms with Crippen LogP contribution in [0.3, 0.4) is 0 Å². The van der Waals surface area contributed by atoms with Crippen LogP contribution in [-0.2, 0) is 9.59 Å². The van der Waals surface area contributed by atoms with Crippen molar-refractivity contribution in [1.29, 1.82) is 0 Å². The molecule has 5 heteroatoms. The fourth-order valence-corrected chi connectivity index (χ4v) is 1.52. The molecule has 0 aliphatic rings. The third kappa shape index (κ3) is 8.68. The normalized spacial score (nSPS) is 12.5. The molecule has 1 atom stereocenters. The summed E-state index contributed by atoms with van der Waals surface area (Å²) in [5.74, 6) is -1.18. The summed E-state index contributed by atoms with van der Waals surface area (Å²) in [6.45, 7) is 7.22. The maximum atomic E-state index is 11.4. The van der Waals surface area contributed by atoms with Gasteiger partial charge in [-0.05, 0) is 25.3 Å². The van der Waals surface area contributed by atoms with Crippen molar-refractivity contribution in [2.45, 2.75) is 33.6 Å². The monoisotopic (exact) mass is 244 g/mol. The van der Waals surface area contributed by atoms with E-state index in [0.29, 0.717) is 12.3 Å². The van der Waals surface area contributed by atoms with E-state index in [2.05, 4.69) is 10.6 Å². The van der Waals surface area contributed by atoms with Gasteiger partial charge in [0.25, 0.3) is 0 Å². The first-order valence-electron chi connectivity index (χ1n) is 6.17. The molecule has 0 aromatic carbocycles. The molecular formula is C12H24N2O3. The first-order chi connectivity index (χ1) is 7.97. The number of carboxylic acid groups (broad SMARTS) is 1. The van der Waals surface area contributed by atoms with E-state index in [1.807, 2.05) is 20.8 Å². The average Bonchev–Trinajstić information content (AvgIpc) is 2.23. The van der Waals surface area contributed by atoms with Crippen molar-refractivity contribution in [3.05, 3.63) is 0 Å². The molecule has 100 valence electrons. The molecule has 0 spiro atoms. The maximum Gasteiger partial charge on any atom is 0.308 e. The van der Waals surface area contributed by atoms with E-state index in [4.69, 9.17) is 5.11 Å². The second-order valence-corrected chi connectivity index (χ2v) is 4.65. The minimum atomic E-state index is -0.847. The van der Waals surface area contributed by atoms with Crippen LogP contribution in [0, 0.1) is 11.8 Å². The molecule has 3 N–H and O–H groups in total. The van der Waals surface area contributed by atoms with Crippen LogP contribution in [0.1, 0.15) is 33.6 Å². The van der Waals surface area contributed by atoms with Crippen molar-refractivity contribution in [2.24, 2.45) is 11.8 Å². The van der Waals surface area contributed by atoms with Crippen molar-refractivity contribution in [2.75, 3.05) is 19.6 Å². The Bertz CT molecular complexity index is 242. The average molecular weight is 244 g/mol. The van der Waals surface area contributed by atoms with Crippen LogP contribution in [0.5, 0.6) is 0 Å². The Kier molecular flexibility index (Phi) is 8.40. The Morgan fingerprint density at radius 2 is 1.94 bits per heavy atom. The van der Waals surface area contributed by atoms with E-state index in [9.17, 15) is 9.59 Å². The van der Waals surface area contributed by atoms with Gasteiger partial charge in [0.2, 0.25) is 5.91 Å². The fraction of sp³-hybridized carbons (Fsp3) is 0.833. The molecule has 0 aromatic heterocycles. The zero-order valence-electron chi connectivity index (χ0n) is 11.0. The summed E-state index contributed by atoms with van der Waals surface area (Å²) >= 11 is 0. The highest BCUT2D eigenvalue weighted by Crippen LogP contribution is 2.10. The number of amides is 1. The molecule has 17 heavy (non-hydrogen) atoms. The highest BCUT2D eigenvalue weighted by Gasteiger charge is 2.19. The third-order valence-corrected chi connectivity index (χ3v) is 2.36. The first kappa shape index (κ1) is 15.9. The molecule has 0 bridgehead atoms. The van der Waals surface area contributed by atoms with Gasteiger partial charge in [-0.1, -0.05) is 20.8 Å². The predicted octanol–water partition coefficient (Wildman–Crippen LogP) is 0.849. The zero-order valence-corrected chi connectivity index (χ0v) is 11.0. The second-order valence-electron chi connectivity index (χ2n) is 4.65. The SMILES string of the molecule is CCCNCC(=O)NCC(CC(C)C)C(=O)O. The quantitative estimate of drug-likeness (QED) is 0.525. The van der Waals surface area contributed by atoms with E-state index in [0.717, 1.165) is 13.0 Å². The summed E-state index contributed by atoms with van der Waals surface area (Å²) in [6, 6.07) is 0. The van der Waals surface area contributed by atoms with Gasteiger partial charge in [0.15, 0.2) is 0 Å². The van der Waals surface area contributed by atoms with Gasteiger partial charge in [0.05, 0.1) is 12.5 Å². The van der Waals surface area contributed by atoms with Crippen molar-refractivity contribution in [3.63, 3.8) is 0 Å². The van der Waals surface area contributed by atoms with Gasteiger partial charge in [0, 0.05) is 6.54 Å². The lowest BCUT2D eigenvalue weighted by atomic mass is 9.97. The minimum absolute atomic E-state index is 0.145. The van der Waals surface area contributed by atoms with E-state index in [1.54, 1.807) is 0 Å². The largest absolute Gasteiger partial charge is 0.481 e. The second kappa shape index (κ2) is 8.98. The van der Waals surface area contributed by atoms with Gasteiger partial charge in [-0.2, -0.15) is 0 Å². The first-order valence-corrected chi connectivity index (χ1v) is 6.17. The fourth-order valence-electron chi connectivity index (χ4n) is 1.52. The molecule has 1 unspecified atom stereocenters. The van der Waals surface area contributed by atoms with E-state index in [1.165, 1.54) is 0 Å². The van der Waals surface area contributed by atoms with Crippen molar-refractivity contribution in [3.8, 4) is 0 Å². The lowest BCUT2D eigenvalue weighted by Gasteiger charge is -2.15. The minimum Gasteiger partial charge on any atom is -0.481 e. The van der Waals surface area contributed by atoms with Crippen LogP contribution < -0.4 is 10.6 Å². The number of aliphatic carboxylic acids is 1. The van der Waals surface area contributed by atoms with E-state index < -0.39 is 11.9 Å². The van der Waals surface area contributed by atoms with Crippen LogP contribution in [0.2, 0.25) is 0 Å². The topological polar surface area (TPSA) is 78.4 Å². The van der Waals surface area contributed by atoms with Gasteiger partial charge in [0.1, 0.15) is 0 Å². The van der Waals surface area contributed by atoms with Crippen LogP contribution in [-0.4, -0.2) is 36.6 Å². The lowest BCUT2D eigenvalue weighted by Crippen LogP contribution is -2.38. The molecule has 0 fully saturated rings. The number of carbonyl (C=O) groups excluding carboxylic acids is 1. The van der Waals surface area contributed by atoms with Crippen LogP contribution in [0.4, 0.5) is 0 Å². The molecule has 0 aliphatic carbocycles. The Hall–Kier alpha value is -1.10. The van der Waals surface area contributed by atoms with E-state index >= 15 is 0 Å². The van der Waals surface area contributed by atoms with Crippen LogP contribution in [0.15, 0.2) is 0 Å². The van der Waals surface area contributed by atoms with Gasteiger partial charge >= 0.3 is 5.97 Å². The summed E-state index contributed by atoms with van der Waals surface area (Å²) < 4.78 is 0. The molecule has 1 amide bonds. The molecule has 0 heterocycles. The van der Waals surface area contributed by atoms with Gasteiger partial charge in [-0.15, -0.1) is 0 Å². The predicted molar refractivity (Wildman–Crippen MR) is 66.8 cm³/mol. The number of hydrogen-bond donors (Lipinski definition) is 3. The highest BCUT2D eigenvalue weighted by atomic mass is 16.4. The van der Waals surface area contributed by atoms with Crippen molar-refractivity contribution in [1.82, 2.24) is 10.6 Å². The lowest BCUT2D eigenvalue weighted by molar-refractivity contribution is -0.142.